The van der Waals surface area contributed by atoms with Crippen molar-refractivity contribution in [1.82, 2.24) is 14.7 Å². The molecule has 0 saturated heterocycles. The van der Waals surface area contributed by atoms with Gasteiger partial charge in [-0.3, -0.25) is 9.59 Å². The third kappa shape index (κ3) is 5.68. The Balaban J connectivity index is 1.48. The van der Waals surface area contributed by atoms with Crippen molar-refractivity contribution < 1.29 is 14.3 Å². The van der Waals surface area contributed by atoms with E-state index in [0.717, 1.165) is 11.3 Å². The van der Waals surface area contributed by atoms with E-state index >= 15 is 0 Å². The molecule has 0 bridgehead atoms. The van der Waals surface area contributed by atoms with Crippen LogP contribution < -0.4 is 10.1 Å². The van der Waals surface area contributed by atoms with Crippen LogP contribution in [0.25, 0.3) is 5.69 Å². The van der Waals surface area contributed by atoms with Crippen LogP contribution in [0.2, 0.25) is 0 Å². The third-order valence-corrected chi connectivity index (χ3v) is 4.44. The zero-order chi connectivity index (χ0) is 20.6. The number of amides is 2. The molecule has 2 aromatic carbocycles. The molecule has 2 amide bonds. The molecule has 7 nitrogen and oxygen atoms in total. The standard InChI is InChI=1S/C22H24N4O3/c1-25(16-21(27)24-18-7-6-10-20(13-18)29-2)22(28)12-11-17-14-23-26(15-17)19-8-4-3-5-9-19/h3-10,13-15H,11-12,16H2,1-2H3,(H,24,27). The van der Waals surface area contributed by atoms with Gasteiger partial charge in [-0.25, -0.2) is 4.68 Å². The van der Waals surface area contributed by atoms with E-state index in [-0.39, 0.29) is 18.4 Å². The van der Waals surface area contributed by atoms with Gasteiger partial charge in [0.2, 0.25) is 11.8 Å². The number of hydrogen-bond donors (Lipinski definition) is 1. The van der Waals surface area contributed by atoms with Crippen molar-refractivity contribution in [3.05, 3.63) is 72.6 Å². The molecular weight excluding hydrogens is 368 g/mol. The van der Waals surface area contributed by atoms with Gasteiger partial charge in [0.25, 0.3) is 0 Å². The molecule has 0 unspecified atom stereocenters. The van der Waals surface area contributed by atoms with Crippen molar-refractivity contribution in [3.63, 3.8) is 0 Å². The molecule has 0 spiro atoms. The summed E-state index contributed by atoms with van der Waals surface area (Å²) < 4.78 is 6.92. The summed E-state index contributed by atoms with van der Waals surface area (Å²) in [5, 5.41) is 7.11. The van der Waals surface area contributed by atoms with Gasteiger partial charge in [0.05, 0.1) is 25.5 Å². The number of likely N-dealkylation sites (N-methyl/N-ethyl adjacent to an activating group) is 1. The van der Waals surface area contributed by atoms with Crippen LogP contribution in [0, 0.1) is 0 Å². The summed E-state index contributed by atoms with van der Waals surface area (Å²) in [6.45, 7) is -0.0146. The first-order valence-corrected chi connectivity index (χ1v) is 9.32. The van der Waals surface area contributed by atoms with Crippen molar-refractivity contribution in [2.24, 2.45) is 0 Å². The van der Waals surface area contributed by atoms with Crippen LogP contribution in [0.15, 0.2) is 67.0 Å². The van der Waals surface area contributed by atoms with Crippen LogP contribution in [0.3, 0.4) is 0 Å². The minimum Gasteiger partial charge on any atom is -0.497 e. The van der Waals surface area contributed by atoms with Gasteiger partial charge in [-0.15, -0.1) is 0 Å². The fourth-order valence-corrected chi connectivity index (χ4v) is 2.86. The predicted octanol–water partition coefficient (Wildman–Crippen LogP) is 2.91. The normalized spacial score (nSPS) is 10.4. The molecular formula is C22H24N4O3. The Morgan fingerprint density at radius 3 is 2.69 bits per heavy atom. The van der Waals surface area contributed by atoms with Crippen molar-refractivity contribution in [2.45, 2.75) is 12.8 Å². The second kappa shape index (κ2) is 9.54. The monoisotopic (exact) mass is 392 g/mol. The van der Waals surface area contributed by atoms with Crippen molar-refractivity contribution in [2.75, 3.05) is 26.0 Å². The fraction of sp³-hybridized carbons (Fsp3) is 0.227. The minimum absolute atomic E-state index is 0.0146. The molecule has 0 saturated carbocycles. The lowest BCUT2D eigenvalue weighted by molar-refractivity contribution is -0.133. The van der Waals surface area contributed by atoms with E-state index in [2.05, 4.69) is 10.4 Å². The number of methoxy groups -OCH3 is 1. The summed E-state index contributed by atoms with van der Waals surface area (Å²) in [5.74, 6) is 0.299. The summed E-state index contributed by atoms with van der Waals surface area (Å²) in [6.07, 6.45) is 4.55. The summed E-state index contributed by atoms with van der Waals surface area (Å²) in [4.78, 5) is 26.0. The highest BCUT2D eigenvalue weighted by molar-refractivity contribution is 5.94. The van der Waals surface area contributed by atoms with Gasteiger partial charge in [0.15, 0.2) is 0 Å². The van der Waals surface area contributed by atoms with E-state index in [4.69, 9.17) is 4.74 Å². The number of nitrogens with one attached hydrogen (secondary N) is 1. The zero-order valence-electron chi connectivity index (χ0n) is 16.5. The lowest BCUT2D eigenvalue weighted by atomic mass is 10.2. The number of para-hydroxylation sites is 1. The average Bonchev–Trinajstić information content (AvgIpc) is 3.21. The van der Waals surface area contributed by atoms with Crippen molar-refractivity contribution >= 4 is 17.5 Å². The van der Waals surface area contributed by atoms with E-state index < -0.39 is 0 Å². The third-order valence-electron chi connectivity index (χ3n) is 4.44. The summed E-state index contributed by atoms with van der Waals surface area (Å²) in [5.41, 5.74) is 2.57. The number of aryl methyl sites for hydroxylation is 1. The van der Waals surface area contributed by atoms with Crippen LogP contribution in [0.4, 0.5) is 5.69 Å². The Hall–Kier alpha value is -3.61. The first-order valence-electron chi connectivity index (χ1n) is 9.32. The molecule has 0 aliphatic carbocycles. The highest BCUT2D eigenvalue weighted by Gasteiger charge is 2.14. The Morgan fingerprint density at radius 1 is 1.14 bits per heavy atom. The van der Waals surface area contributed by atoms with E-state index in [0.29, 0.717) is 24.3 Å². The highest BCUT2D eigenvalue weighted by Crippen LogP contribution is 2.16. The van der Waals surface area contributed by atoms with Crippen LogP contribution in [0.1, 0.15) is 12.0 Å². The number of anilines is 1. The van der Waals surface area contributed by atoms with Gasteiger partial charge in [0, 0.05) is 31.4 Å². The number of carbonyl (C=O) groups excluding carboxylic acids is 2. The first kappa shape index (κ1) is 20.1. The van der Waals surface area contributed by atoms with E-state index in [9.17, 15) is 9.59 Å². The van der Waals surface area contributed by atoms with Gasteiger partial charge in [-0.1, -0.05) is 24.3 Å². The van der Waals surface area contributed by atoms with Crippen LogP contribution in [0.5, 0.6) is 5.75 Å². The Labute approximate surface area is 169 Å². The van der Waals surface area contributed by atoms with Crippen LogP contribution in [-0.2, 0) is 16.0 Å². The largest absolute Gasteiger partial charge is 0.497 e. The smallest absolute Gasteiger partial charge is 0.243 e. The topological polar surface area (TPSA) is 76.5 Å². The molecule has 29 heavy (non-hydrogen) atoms. The number of benzene rings is 2. The number of hydrogen-bond acceptors (Lipinski definition) is 4. The lowest BCUT2D eigenvalue weighted by Gasteiger charge is -2.16. The number of nitrogens with zero attached hydrogens (tertiary/aromatic N) is 3. The molecule has 150 valence electrons. The molecule has 0 atom stereocenters. The maximum atomic E-state index is 12.4. The zero-order valence-corrected chi connectivity index (χ0v) is 16.5. The van der Waals surface area contributed by atoms with Gasteiger partial charge >= 0.3 is 0 Å². The predicted molar refractivity (Wildman–Crippen MR) is 111 cm³/mol. The molecule has 1 N–H and O–H groups in total. The van der Waals surface area contributed by atoms with E-state index in [1.54, 1.807) is 49.3 Å². The maximum absolute atomic E-state index is 12.4. The second-order valence-electron chi connectivity index (χ2n) is 6.66. The Morgan fingerprint density at radius 2 is 1.93 bits per heavy atom. The van der Waals surface area contributed by atoms with Crippen molar-refractivity contribution in [1.29, 1.82) is 0 Å². The molecule has 7 heteroatoms. The quantitative estimate of drug-likeness (QED) is 0.640. The Kier molecular flexibility index (Phi) is 6.63. The minimum atomic E-state index is -0.258. The molecule has 0 fully saturated rings. The van der Waals surface area contributed by atoms with Gasteiger partial charge in [0.1, 0.15) is 5.75 Å². The molecule has 3 aromatic rings. The second-order valence-corrected chi connectivity index (χ2v) is 6.66. The number of aromatic nitrogens is 2. The molecule has 0 radical (unpaired) electrons. The Bertz CT molecular complexity index is 969. The summed E-state index contributed by atoms with van der Waals surface area (Å²) in [6, 6.07) is 16.9. The average molecular weight is 392 g/mol. The maximum Gasteiger partial charge on any atom is 0.243 e. The number of carbonyl (C=O) groups is 2. The van der Waals surface area contributed by atoms with E-state index in [1.165, 1.54) is 4.90 Å². The van der Waals surface area contributed by atoms with Crippen LogP contribution in [-0.4, -0.2) is 47.2 Å². The fourth-order valence-electron chi connectivity index (χ4n) is 2.86. The summed E-state index contributed by atoms with van der Waals surface area (Å²) in [7, 11) is 3.19. The van der Waals surface area contributed by atoms with Gasteiger partial charge < -0.3 is 15.0 Å². The van der Waals surface area contributed by atoms with Gasteiger partial charge in [-0.05, 0) is 36.2 Å². The van der Waals surface area contributed by atoms with Crippen molar-refractivity contribution in [3.8, 4) is 11.4 Å². The highest BCUT2D eigenvalue weighted by atomic mass is 16.5. The molecule has 0 aliphatic rings. The van der Waals surface area contributed by atoms with Crippen LogP contribution >= 0.6 is 0 Å². The van der Waals surface area contributed by atoms with Gasteiger partial charge in [-0.2, -0.15) is 5.10 Å². The lowest BCUT2D eigenvalue weighted by Crippen LogP contribution is -2.35. The molecule has 1 heterocycles. The SMILES string of the molecule is COc1cccc(NC(=O)CN(C)C(=O)CCc2cnn(-c3ccccc3)c2)c1. The molecule has 0 aliphatic heterocycles. The molecule has 3 rings (SSSR count). The molecule has 1 aromatic heterocycles. The van der Waals surface area contributed by atoms with E-state index in [1.807, 2.05) is 36.5 Å². The number of rotatable bonds is 8. The number of ether oxygens (including phenoxy) is 1. The summed E-state index contributed by atoms with van der Waals surface area (Å²) >= 11 is 0. The first-order chi connectivity index (χ1) is 14.0.